The number of aliphatic carboxylic acids is 1. The average Bonchev–Trinajstić information content (AvgIpc) is 3.34. The molecule has 4 aliphatic rings. The summed E-state index contributed by atoms with van der Waals surface area (Å²) in [7, 11) is 2.10. The minimum atomic E-state index is -0.833. The van der Waals surface area contributed by atoms with Gasteiger partial charge in [-0.3, -0.25) is 9.69 Å². The Labute approximate surface area is 173 Å². The second-order valence-electron chi connectivity index (χ2n) is 7.95. The number of likely N-dealkylation sites (N-methyl/N-ethyl adjacent to an activating group) is 1. The minimum absolute atomic E-state index is 0.00822. The second kappa shape index (κ2) is 7.07. The predicted molar refractivity (Wildman–Crippen MR) is 105 cm³/mol. The largest absolute Gasteiger partial charge is 0.481 e. The van der Waals surface area contributed by atoms with Gasteiger partial charge in [-0.25, -0.2) is 0 Å². The van der Waals surface area contributed by atoms with E-state index in [1.54, 1.807) is 0 Å². The summed E-state index contributed by atoms with van der Waals surface area (Å²) >= 11 is 0. The number of aliphatic hydroxyl groups excluding tert-OH is 1. The van der Waals surface area contributed by atoms with Crippen molar-refractivity contribution in [1.29, 1.82) is 0 Å². The second-order valence-corrected chi connectivity index (χ2v) is 7.95. The number of ether oxygens (including phenoxy) is 4. The summed E-state index contributed by atoms with van der Waals surface area (Å²) in [6, 6.07) is 8.27. The lowest BCUT2D eigenvalue weighted by Crippen LogP contribution is -2.43. The highest BCUT2D eigenvalue weighted by atomic mass is 16.7. The van der Waals surface area contributed by atoms with Crippen molar-refractivity contribution in [2.75, 3.05) is 20.6 Å². The third kappa shape index (κ3) is 2.95. The number of carbonyl (C=O) groups is 1. The van der Waals surface area contributed by atoms with Gasteiger partial charge in [0.2, 0.25) is 13.6 Å². The quantitative estimate of drug-likeness (QED) is 0.680. The first-order valence-electron chi connectivity index (χ1n) is 9.85. The van der Waals surface area contributed by atoms with Gasteiger partial charge in [0.25, 0.3) is 5.97 Å². The molecule has 8 nitrogen and oxygen atoms in total. The Morgan fingerprint density at radius 2 is 1.70 bits per heavy atom. The zero-order valence-corrected chi connectivity index (χ0v) is 16.8. The summed E-state index contributed by atoms with van der Waals surface area (Å²) in [5.74, 6) is 2.35. The molecule has 0 saturated heterocycles. The van der Waals surface area contributed by atoms with Gasteiger partial charge in [0, 0.05) is 31.0 Å². The molecule has 2 N–H and O–H groups in total. The van der Waals surface area contributed by atoms with Crippen LogP contribution in [0.3, 0.4) is 0 Å². The van der Waals surface area contributed by atoms with Crippen LogP contribution in [-0.4, -0.2) is 47.8 Å². The van der Waals surface area contributed by atoms with Crippen LogP contribution in [0.1, 0.15) is 41.1 Å². The maximum Gasteiger partial charge on any atom is 0.300 e. The SMILES string of the molecule is CC(=O)O.CN1Cc2c(ccc3c2OCO3)[C@@H]2[C@H]1c1cc3c(cc1C[C@@H]2O)OCO3. The molecular formula is C22H23NO7. The van der Waals surface area contributed by atoms with Crippen molar-refractivity contribution in [3.8, 4) is 23.0 Å². The Kier molecular flexibility index (Phi) is 4.48. The summed E-state index contributed by atoms with van der Waals surface area (Å²) in [4.78, 5) is 11.3. The molecule has 0 fully saturated rings. The lowest BCUT2D eigenvalue weighted by atomic mass is 9.70. The predicted octanol–water partition coefficient (Wildman–Crippen LogP) is 2.42. The van der Waals surface area contributed by atoms with Gasteiger partial charge < -0.3 is 29.2 Å². The van der Waals surface area contributed by atoms with Crippen LogP contribution in [0, 0.1) is 0 Å². The monoisotopic (exact) mass is 413 g/mol. The lowest BCUT2D eigenvalue weighted by molar-refractivity contribution is -0.134. The van der Waals surface area contributed by atoms with Gasteiger partial charge in [-0.05, 0) is 48.4 Å². The Hall–Kier alpha value is -2.97. The number of nitrogens with zero attached hydrogens (tertiary/aromatic N) is 1. The minimum Gasteiger partial charge on any atom is -0.481 e. The first-order valence-corrected chi connectivity index (χ1v) is 9.85. The molecule has 3 atom stereocenters. The lowest BCUT2D eigenvalue weighted by Gasteiger charge is -2.46. The number of fused-ring (bicyclic) bond motifs is 8. The molecule has 2 aromatic carbocycles. The zero-order chi connectivity index (χ0) is 21.0. The molecule has 3 aliphatic heterocycles. The Bertz CT molecular complexity index is 1020. The van der Waals surface area contributed by atoms with Crippen LogP contribution in [0.25, 0.3) is 0 Å². The third-order valence-corrected chi connectivity index (χ3v) is 6.06. The standard InChI is InChI=1S/C20H19NO5.C2H4O2/c1-21-7-13-11(2-3-15-20(13)26-9-23-15)18-14(22)4-10-5-16-17(25-8-24-16)6-12(10)19(18)21;1-2(3)4/h2-3,5-6,14,18-19,22H,4,7-9H2,1H3;1H3,(H,3,4)/t14-,18-,19+;/m0./s1. The molecule has 0 aromatic heterocycles. The van der Waals surface area contributed by atoms with Crippen molar-refractivity contribution in [3.05, 3.63) is 46.5 Å². The molecule has 0 spiro atoms. The molecule has 158 valence electrons. The molecule has 1 aliphatic carbocycles. The molecule has 30 heavy (non-hydrogen) atoms. The van der Waals surface area contributed by atoms with Crippen LogP contribution >= 0.6 is 0 Å². The topological polar surface area (TPSA) is 97.7 Å². The van der Waals surface area contributed by atoms with E-state index in [1.165, 1.54) is 5.56 Å². The van der Waals surface area contributed by atoms with Crippen molar-refractivity contribution in [2.45, 2.75) is 38.0 Å². The summed E-state index contributed by atoms with van der Waals surface area (Å²) in [6.07, 6.45) is 0.143. The van der Waals surface area contributed by atoms with E-state index in [9.17, 15) is 5.11 Å². The van der Waals surface area contributed by atoms with Crippen molar-refractivity contribution in [3.63, 3.8) is 0 Å². The Balaban J connectivity index is 0.000000446. The van der Waals surface area contributed by atoms with Crippen LogP contribution in [0.2, 0.25) is 0 Å². The van der Waals surface area contributed by atoms with E-state index < -0.39 is 12.1 Å². The molecule has 8 heteroatoms. The van der Waals surface area contributed by atoms with Crippen molar-refractivity contribution in [2.24, 2.45) is 0 Å². The molecular weight excluding hydrogens is 390 g/mol. The fourth-order valence-corrected chi connectivity index (χ4v) is 4.97. The van der Waals surface area contributed by atoms with E-state index in [0.29, 0.717) is 6.42 Å². The molecule has 3 heterocycles. The van der Waals surface area contributed by atoms with Gasteiger partial charge in [-0.1, -0.05) is 6.07 Å². The van der Waals surface area contributed by atoms with E-state index >= 15 is 0 Å². The fourth-order valence-electron chi connectivity index (χ4n) is 4.97. The molecule has 0 saturated carbocycles. The van der Waals surface area contributed by atoms with E-state index in [4.69, 9.17) is 28.8 Å². The van der Waals surface area contributed by atoms with Gasteiger partial charge in [0.15, 0.2) is 23.0 Å². The van der Waals surface area contributed by atoms with Gasteiger partial charge >= 0.3 is 0 Å². The Morgan fingerprint density at radius 3 is 2.47 bits per heavy atom. The fraction of sp³-hybridized carbons (Fsp3) is 0.409. The van der Waals surface area contributed by atoms with Crippen LogP contribution in [0.5, 0.6) is 23.0 Å². The number of aliphatic hydroxyl groups is 1. The number of carboxylic acid groups (broad SMARTS) is 1. The van der Waals surface area contributed by atoms with Crippen LogP contribution in [0.15, 0.2) is 24.3 Å². The van der Waals surface area contributed by atoms with Gasteiger partial charge in [-0.15, -0.1) is 0 Å². The summed E-state index contributed by atoms with van der Waals surface area (Å²) in [5.41, 5.74) is 4.65. The van der Waals surface area contributed by atoms with E-state index in [2.05, 4.69) is 24.1 Å². The van der Waals surface area contributed by atoms with Crippen LogP contribution in [0.4, 0.5) is 0 Å². The highest BCUT2D eigenvalue weighted by molar-refractivity contribution is 5.63. The summed E-state index contributed by atoms with van der Waals surface area (Å²) < 4.78 is 22.4. The number of rotatable bonds is 0. The summed E-state index contributed by atoms with van der Waals surface area (Å²) in [5, 5.41) is 18.5. The zero-order valence-electron chi connectivity index (χ0n) is 16.8. The molecule has 0 amide bonds. The van der Waals surface area contributed by atoms with Crippen LogP contribution < -0.4 is 18.9 Å². The highest BCUT2D eigenvalue weighted by Gasteiger charge is 2.45. The van der Waals surface area contributed by atoms with Gasteiger partial charge in [0.05, 0.1) is 6.10 Å². The van der Waals surface area contributed by atoms with E-state index in [-0.39, 0.29) is 25.5 Å². The van der Waals surface area contributed by atoms with E-state index in [1.807, 2.05) is 12.1 Å². The summed E-state index contributed by atoms with van der Waals surface area (Å²) in [6.45, 7) is 2.36. The van der Waals surface area contributed by atoms with Crippen LogP contribution in [-0.2, 0) is 17.8 Å². The van der Waals surface area contributed by atoms with Gasteiger partial charge in [0.1, 0.15) is 0 Å². The Morgan fingerprint density at radius 1 is 1.03 bits per heavy atom. The first kappa shape index (κ1) is 19.0. The average molecular weight is 413 g/mol. The number of hydrogen-bond acceptors (Lipinski definition) is 7. The number of carboxylic acids is 1. The maximum absolute atomic E-state index is 11.0. The van der Waals surface area contributed by atoms with Crippen molar-refractivity contribution >= 4 is 5.97 Å². The van der Waals surface area contributed by atoms with Gasteiger partial charge in [-0.2, -0.15) is 0 Å². The van der Waals surface area contributed by atoms with E-state index in [0.717, 1.165) is 53.2 Å². The maximum atomic E-state index is 11.0. The highest BCUT2D eigenvalue weighted by Crippen LogP contribution is 2.54. The normalized spacial score (nSPS) is 24.8. The molecule has 0 radical (unpaired) electrons. The number of benzene rings is 2. The molecule has 6 rings (SSSR count). The van der Waals surface area contributed by atoms with Crippen molar-refractivity contribution < 1.29 is 34.0 Å². The smallest absolute Gasteiger partial charge is 0.300 e. The molecule has 0 bridgehead atoms. The third-order valence-electron chi connectivity index (χ3n) is 6.06. The molecule has 2 aromatic rings. The van der Waals surface area contributed by atoms with Crippen molar-refractivity contribution in [1.82, 2.24) is 4.90 Å². The molecule has 0 unspecified atom stereocenters. The number of hydrogen-bond donors (Lipinski definition) is 2. The first-order chi connectivity index (χ1) is 14.4.